The number of anilines is 1. The first-order valence-electron chi connectivity index (χ1n) is 6.22. The van der Waals surface area contributed by atoms with Gasteiger partial charge in [-0.1, -0.05) is 18.2 Å². The lowest BCUT2D eigenvalue weighted by atomic mass is 10.1. The van der Waals surface area contributed by atoms with Gasteiger partial charge in [0.05, 0.1) is 0 Å². The smallest absolute Gasteiger partial charge is 0.128 e. The summed E-state index contributed by atoms with van der Waals surface area (Å²) < 4.78 is 13.9. The van der Waals surface area contributed by atoms with Gasteiger partial charge in [0, 0.05) is 24.8 Å². The van der Waals surface area contributed by atoms with E-state index in [2.05, 4.69) is 10.3 Å². The number of pyridine rings is 1. The minimum absolute atomic E-state index is 0.158. The lowest BCUT2D eigenvalue weighted by Gasteiger charge is -2.12. The molecule has 0 radical (unpaired) electrons. The molecule has 0 fully saturated rings. The molecule has 0 unspecified atom stereocenters. The first-order chi connectivity index (χ1) is 9.15. The lowest BCUT2D eigenvalue weighted by Crippen LogP contribution is -2.12. The quantitative estimate of drug-likeness (QED) is 0.895. The van der Waals surface area contributed by atoms with Gasteiger partial charge in [-0.15, -0.1) is 0 Å². The van der Waals surface area contributed by atoms with Crippen LogP contribution < -0.4 is 5.32 Å². The van der Waals surface area contributed by atoms with Crippen LogP contribution in [0.15, 0.2) is 42.6 Å². The summed E-state index contributed by atoms with van der Waals surface area (Å²) in [6.45, 7) is 1.18. The van der Waals surface area contributed by atoms with Gasteiger partial charge in [-0.2, -0.15) is 0 Å². The Hall–Kier alpha value is -1.94. The third-order valence-corrected chi connectivity index (χ3v) is 2.74. The van der Waals surface area contributed by atoms with Gasteiger partial charge in [-0.3, -0.25) is 0 Å². The molecule has 1 aromatic heterocycles. The number of hydrogen-bond acceptors (Lipinski definition) is 3. The summed E-state index contributed by atoms with van der Waals surface area (Å²) in [7, 11) is 3.85. The normalized spacial score (nSPS) is 10.7. The average Bonchev–Trinajstić information content (AvgIpc) is 2.40. The molecule has 1 N–H and O–H groups in total. The van der Waals surface area contributed by atoms with Gasteiger partial charge >= 0.3 is 0 Å². The van der Waals surface area contributed by atoms with E-state index in [1.54, 1.807) is 12.3 Å². The highest BCUT2D eigenvalue weighted by Gasteiger charge is 2.04. The number of hydrogen-bond donors (Lipinski definition) is 1. The molecule has 4 heteroatoms. The van der Waals surface area contributed by atoms with Crippen molar-refractivity contribution in [2.75, 3.05) is 19.4 Å². The zero-order chi connectivity index (χ0) is 13.7. The summed E-state index contributed by atoms with van der Waals surface area (Å²) >= 11 is 0. The van der Waals surface area contributed by atoms with Crippen LogP contribution in [0.2, 0.25) is 0 Å². The molecule has 2 aromatic rings. The fraction of sp³-hybridized carbons (Fsp3) is 0.267. The Morgan fingerprint density at radius 1 is 1.21 bits per heavy atom. The number of halogens is 1. The zero-order valence-electron chi connectivity index (χ0n) is 11.2. The Morgan fingerprint density at radius 3 is 2.68 bits per heavy atom. The highest BCUT2D eigenvalue weighted by molar-refractivity contribution is 5.35. The van der Waals surface area contributed by atoms with Crippen molar-refractivity contribution in [1.29, 1.82) is 0 Å². The van der Waals surface area contributed by atoms with Crippen molar-refractivity contribution in [2.24, 2.45) is 0 Å². The maximum absolute atomic E-state index is 13.9. The molecule has 2 rings (SSSR count). The van der Waals surface area contributed by atoms with E-state index in [4.69, 9.17) is 0 Å². The third kappa shape index (κ3) is 4.03. The molecule has 3 nitrogen and oxygen atoms in total. The first-order valence-corrected chi connectivity index (χ1v) is 6.22. The topological polar surface area (TPSA) is 28.2 Å². The fourth-order valence-electron chi connectivity index (χ4n) is 1.83. The SMILES string of the molecule is CN(C)Cc1ccc(CNc2ccccn2)cc1F. The van der Waals surface area contributed by atoms with E-state index in [9.17, 15) is 4.39 Å². The molecule has 0 bridgehead atoms. The van der Waals surface area contributed by atoms with E-state index < -0.39 is 0 Å². The van der Waals surface area contributed by atoms with Gasteiger partial charge in [-0.05, 0) is 37.9 Å². The Bertz CT molecular complexity index is 526. The maximum atomic E-state index is 13.9. The van der Waals surface area contributed by atoms with Crippen LogP contribution >= 0.6 is 0 Å². The summed E-state index contributed by atoms with van der Waals surface area (Å²) in [5, 5.41) is 3.16. The van der Waals surface area contributed by atoms with Crippen molar-refractivity contribution in [3.63, 3.8) is 0 Å². The Kier molecular flexibility index (Phi) is 4.47. The summed E-state index contributed by atoms with van der Waals surface area (Å²) in [5.74, 6) is 0.634. The van der Waals surface area contributed by atoms with Crippen molar-refractivity contribution in [1.82, 2.24) is 9.88 Å². The molecule has 0 amide bonds. The molecule has 0 aliphatic carbocycles. The van der Waals surface area contributed by atoms with Crippen molar-refractivity contribution in [3.05, 3.63) is 59.5 Å². The molecule has 0 atom stereocenters. The van der Waals surface area contributed by atoms with E-state index in [-0.39, 0.29) is 5.82 Å². The van der Waals surface area contributed by atoms with Crippen LogP contribution in [0, 0.1) is 5.82 Å². The van der Waals surface area contributed by atoms with Crippen LogP contribution in [0.5, 0.6) is 0 Å². The molecular weight excluding hydrogens is 241 g/mol. The fourth-order valence-corrected chi connectivity index (χ4v) is 1.83. The van der Waals surface area contributed by atoms with Crippen LogP contribution in [0.3, 0.4) is 0 Å². The summed E-state index contributed by atoms with van der Waals surface area (Å²) in [5.41, 5.74) is 1.62. The molecule has 0 spiro atoms. The van der Waals surface area contributed by atoms with Crippen molar-refractivity contribution >= 4 is 5.82 Å². The first kappa shape index (κ1) is 13.5. The van der Waals surface area contributed by atoms with Crippen LogP contribution in [0.1, 0.15) is 11.1 Å². The minimum Gasteiger partial charge on any atom is -0.366 e. The van der Waals surface area contributed by atoms with Crippen LogP contribution in [0.4, 0.5) is 10.2 Å². The molecule has 0 aliphatic heterocycles. The third-order valence-electron chi connectivity index (χ3n) is 2.74. The number of rotatable bonds is 5. The van der Waals surface area contributed by atoms with Crippen LogP contribution in [-0.4, -0.2) is 24.0 Å². The molecule has 0 saturated carbocycles. The average molecular weight is 259 g/mol. The van der Waals surface area contributed by atoms with E-state index >= 15 is 0 Å². The van der Waals surface area contributed by atoms with Gasteiger partial charge < -0.3 is 10.2 Å². The van der Waals surface area contributed by atoms with Crippen LogP contribution in [0.25, 0.3) is 0 Å². The van der Waals surface area contributed by atoms with Gasteiger partial charge in [0.2, 0.25) is 0 Å². The summed E-state index contributed by atoms with van der Waals surface area (Å²) in [4.78, 5) is 6.11. The number of benzene rings is 1. The standard InChI is InChI=1S/C15H18FN3/c1-19(2)11-13-7-6-12(9-14(13)16)10-18-15-5-3-4-8-17-15/h3-9H,10-11H2,1-2H3,(H,17,18). The van der Waals surface area contributed by atoms with Crippen molar-refractivity contribution in [2.45, 2.75) is 13.1 Å². The lowest BCUT2D eigenvalue weighted by molar-refractivity contribution is 0.392. The van der Waals surface area contributed by atoms with Gasteiger partial charge in [0.1, 0.15) is 11.6 Å². The van der Waals surface area contributed by atoms with E-state index in [0.29, 0.717) is 18.7 Å². The van der Waals surface area contributed by atoms with E-state index in [0.717, 1.165) is 11.4 Å². The predicted molar refractivity (Wildman–Crippen MR) is 75.4 cm³/mol. The van der Waals surface area contributed by atoms with Gasteiger partial charge in [0.15, 0.2) is 0 Å². The van der Waals surface area contributed by atoms with E-state index in [1.165, 1.54) is 0 Å². The Morgan fingerprint density at radius 2 is 2.05 bits per heavy atom. The van der Waals surface area contributed by atoms with Crippen molar-refractivity contribution < 1.29 is 4.39 Å². The molecule has 100 valence electrons. The van der Waals surface area contributed by atoms with E-state index in [1.807, 2.05) is 49.3 Å². The highest BCUT2D eigenvalue weighted by atomic mass is 19.1. The molecular formula is C15H18FN3. The second kappa shape index (κ2) is 6.29. The van der Waals surface area contributed by atoms with Crippen molar-refractivity contribution in [3.8, 4) is 0 Å². The molecule has 0 aliphatic rings. The van der Waals surface area contributed by atoms with Gasteiger partial charge in [-0.25, -0.2) is 9.37 Å². The number of nitrogens with zero attached hydrogens (tertiary/aromatic N) is 2. The maximum Gasteiger partial charge on any atom is 0.128 e. The zero-order valence-corrected chi connectivity index (χ0v) is 11.2. The Labute approximate surface area is 113 Å². The Balaban J connectivity index is 2.00. The number of aromatic nitrogens is 1. The van der Waals surface area contributed by atoms with Gasteiger partial charge in [0.25, 0.3) is 0 Å². The highest BCUT2D eigenvalue weighted by Crippen LogP contribution is 2.13. The molecule has 1 aromatic carbocycles. The predicted octanol–water partition coefficient (Wildman–Crippen LogP) is 2.89. The van der Waals surface area contributed by atoms with Crippen LogP contribution in [-0.2, 0) is 13.1 Å². The molecule has 0 saturated heterocycles. The largest absolute Gasteiger partial charge is 0.366 e. The second-order valence-corrected chi connectivity index (χ2v) is 4.73. The minimum atomic E-state index is -0.158. The summed E-state index contributed by atoms with van der Waals surface area (Å²) in [6.07, 6.45) is 1.73. The molecule has 1 heterocycles. The second-order valence-electron chi connectivity index (χ2n) is 4.73. The number of nitrogens with one attached hydrogen (secondary N) is 1. The molecule has 19 heavy (non-hydrogen) atoms. The summed E-state index contributed by atoms with van der Waals surface area (Å²) in [6, 6.07) is 11.0. The monoisotopic (exact) mass is 259 g/mol.